The molecule has 3 heterocycles. The first-order chi connectivity index (χ1) is 17.1. The van der Waals surface area contributed by atoms with Crippen molar-refractivity contribution < 1.29 is 14.3 Å². The normalized spacial score (nSPS) is 18.4. The monoisotopic (exact) mass is 508 g/mol. The summed E-state index contributed by atoms with van der Waals surface area (Å²) < 4.78 is 7.51. The van der Waals surface area contributed by atoms with Gasteiger partial charge in [-0.05, 0) is 30.4 Å². The van der Waals surface area contributed by atoms with Crippen molar-refractivity contribution in [2.75, 3.05) is 24.2 Å². The molecule has 192 valence electrons. The SMILES string of the molecule is C[C@H]1CC[C@H](c2ccccc2)N(C(=O)C(=O)Nc2cnc(N)c3cnn(COCC[Si](C)(C)C)c23)C1. The lowest BCUT2D eigenvalue weighted by molar-refractivity contribution is -0.146. The van der Waals surface area contributed by atoms with Crippen molar-refractivity contribution in [2.24, 2.45) is 5.92 Å². The summed E-state index contributed by atoms with van der Waals surface area (Å²) in [7, 11) is -1.22. The molecule has 0 radical (unpaired) electrons. The Balaban J connectivity index is 1.54. The molecule has 9 nitrogen and oxygen atoms in total. The van der Waals surface area contributed by atoms with E-state index in [9.17, 15) is 9.59 Å². The number of rotatable bonds is 7. The van der Waals surface area contributed by atoms with Crippen LogP contribution >= 0.6 is 0 Å². The van der Waals surface area contributed by atoms with Gasteiger partial charge in [0.05, 0.1) is 35.0 Å². The number of nitrogens with one attached hydrogen (secondary N) is 1. The molecule has 2 atom stereocenters. The zero-order valence-corrected chi connectivity index (χ0v) is 22.5. The molecule has 0 aliphatic carbocycles. The number of nitrogen functional groups attached to an aromatic ring is 1. The molecule has 3 N–H and O–H groups in total. The molecule has 1 saturated heterocycles. The highest BCUT2D eigenvalue weighted by atomic mass is 28.3. The molecule has 1 aliphatic heterocycles. The van der Waals surface area contributed by atoms with Crippen molar-refractivity contribution in [3.05, 3.63) is 48.3 Å². The zero-order valence-electron chi connectivity index (χ0n) is 21.5. The standard InChI is InChI=1S/C26H36N6O3Si/c1-18-10-11-22(19-8-6-5-7-9-19)31(16-18)26(34)25(33)30-21-15-28-24(27)20-14-29-32(23(20)21)17-35-12-13-36(2,3)4/h5-9,14-15,18,22H,10-13,16-17H2,1-4H3,(H2,27,28)(H,30,33)/t18-,22+/m0/s1. The molecular weight excluding hydrogens is 472 g/mol. The number of piperidine rings is 1. The van der Waals surface area contributed by atoms with Crippen LogP contribution in [0.25, 0.3) is 10.9 Å². The second-order valence-corrected chi connectivity index (χ2v) is 16.5. The van der Waals surface area contributed by atoms with Crippen LogP contribution < -0.4 is 11.1 Å². The first kappa shape index (κ1) is 25.8. The average molecular weight is 509 g/mol. The van der Waals surface area contributed by atoms with Crippen LogP contribution in [-0.4, -0.2) is 52.7 Å². The number of carbonyl (C=O) groups excluding carboxylic acids is 2. The predicted octanol–water partition coefficient (Wildman–Crippen LogP) is 4.26. The van der Waals surface area contributed by atoms with E-state index in [2.05, 4.69) is 42.0 Å². The number of likely N-dealkylation sites (tertiary alicyclic amines) is 1. The van der Waals surface area contributed by atoms with Crippen LogP contribution in [0, 0.1) is 5.92 Å². The van der Waals surface area contributed by atoms with Gasteiger partial charge in [0, 0.05) is 21.2 Å². The molecule has 1 fully saturated rings. The Hall–Kier alpha value is -3.24. The van der Waals surface area contributed by atoms with Gasteiger partial charge in [-0.3, -0.25) is 9.59 Å². The number of fused-ring (bicyclic) bond motifs is 1. The second kappa shape index (κ2) is 10.8. The molecule has 4 rings (SSSR count). The van der Waals surface area contributed by atoms with E-state index in [4.69, 9.17) is 10.5 Å². The summed E-state index contributed by atoms with van der Waals surface area (Å²) in [6.45, 7) is 10.4. The number of hydrogen-bond donors (Lipinski definition) is 2. The minimum Gasteiger partial charge on any atom is -0.383 e. The van der Waals surface area contributed by atoms with E-state index < -0.39 is 19.9 Å². The highest BCUT2D eigenvalue weighted by Crippen LogP contribution is 2.34. The van der Waals surface area contributed by atoms with Crippen LogP contribution in [0.5, 0.6) is 0 Å². The van der Waals surface area contributed by atoms with Gasteiger partial charge in [-0.15, -0.1) is 0 Å². The van der Waals surface area contributed by atoms with E-state index in [0.29, 0.717) is 41.5 Å². The van der Waals surface area contributed by atoms with Crippen LogP contribution in [0.3, 0.4) is 0 Å². The second-order valence-electron chi connectivity index (χ2n) is 10.8. The number of pyridine rings is 1. The van der Waals surface area contributed by atoms with Crippen molar-refractivity contribution in [1.82, 2.24) is 19.7 Å². The molecule has 0 saturated carbocycles. The molecule has 2 aromatic heterocycles. The van der Waals surface area contributed by atoms with Gasteiger partial charge in [-0.2, -0.15) is 5.10 Å². The summed E-state index contributed by atoms with van der Waals surface area (Å²) in [6.07, 6.45) is 4.90. The smallest absolute Gasteiger partial charge is 0.314 e. The predicted molar refractivity (Wildman–Crippen MR) is 144 cm³/mol. The Morgan fingerprint density at radius 2 is 1.92 bits per heavy atom. The minimum atomic E-state index is -1.22. The number of nitrogens with two attached hydrogens (primary N) is 1. The zero-order chi connectivity index (χ0) is 25.9. The highest BCUT2D eigenvalue weighted by Gasteiger charge is 2.34. The van der Waals surface area contributed by atoms with Gasteiger partial charge in [-0.1, -0.05) is 56.9 Å². The van der Waals surface area contributed by atoms with Crippen molar-refractivity contribution in [3.8, 4) is 0 Å². The third-order valence-corrected chi connectivity index (χ3v) is 8.32. The van der Waals surface area contributed by atoms with Crippen LogP contribution in [0.1, 0.15) is 31.4 Å². The lowest BCUT2D eigenvalue weighted by atomic mass is 9.90. The quantitative estimate of drug-likeness (QED) is 0.280. The number of amides is 2. The minimum absolute atomic E-state index is 0.129. The maximum Gasteiger partial charge on any atom is 0.314 e. The van der Waals surface area contributed by atoms with Crippen LogP contribution in [-0.2, 0) is 21.1 Å². The van der Waals surface area contributed by atoms with E-state index >= 15 is 0 Å². The summed E-state index contributed by atoms with van der Waals surface area (Å²) in [4.78, 5) is 32.5. The fourth-order valence-electron chi connectivity index (χ4n) is 4.55. The van der Waals surface area contributed by atoms with Crippen LogP contribution in [0.2, 0.25) is 25.7 Å². The van der Waals surface area contributed by atoms with Gasteiger partial charge in [0.15, 0.2) is 0 Å². The number of benzene rings is 1. The average Bonchev–Trinajstić information content (AvgIpc) is 3.28. The topological polar surface area (TPSA) is 115 Å². The molecular formula is C26H36N6O3Si. The van der Waals surface area contributed by atoms with Crippen molar-refractivity contribution in [3.63, 3.8) is 0 Å². The molecule has 2 amide bonds. The number of ether oxygens (including phenoxy) is 1. The summed E-state index contributed by atoms with van der Waals surface area (Å²) in [5.41, 5.74) is 8.07. The highest BCUT2D eigenvalue weighted by molar-refractivity contribution is 6.76. The lowest BCUT2D eigenvalue weighted by Crippen LogP contribution is -2.46. The maximum absolute atomic E-state index is 13.4. The van der Waals surface area contributed by atoms with Gasteiger partial charge in [0.1, 0.15) is 12.5 Å². The first-order valence-corrected chi connectivity index (χ1v) is 16.2. The van der Waals surface area contributed by atoms with E-state index in [1.807, 2.05) is 30.3 Å². The lowest BCUT2D eigenvalue weighted by Gasteiger charge is -2.38. The van der Waals surface area contributed by atoms with E-state index in [1.165, 1.54) is 6.20 Å². The Bertz CT molecular complexity index is 1220. The maximum atomic E-state index is 13.4. The number of nitrogens with zero attached hydrogens (tertiary/aromatic N) is 4. The Morgan fingerprint density at radius 1 is 1.17 bits per heavy atom. The molecule has 1 aliphatic rings. The summed E-state index contributed by atoms with van der Waals surface area (Å²) in [6, 6.07) is 10.8. The number of anilines is 2. The van der Waals surface area contributed by atoms with Gasteiger partial charge in [-0.25, -0.2) is 9.67 Å². The molecule has 1 aromatic carbocycles. The first-order valence-electron chi connectivity index (χ1n) is 12.5. The van der Waals surface area contributed by atoms with E-state index in [1.54, 1.807) is 15.8 Å². The van der Waals surface area contributed by atoms with Crippen LogP contribution in [0.15, 0.2) is 42.7 Å². The fraction of sp³-hybridized carbons (Fsp3) is 0.462. The molecule has 10 heteroatoms. The van der Waals surface area contributed by atoms with Crippen molar-refractivity contribution in [1.29, 1.82) is 0 Å². The molecule has 0 unspecified atom stereocenters. The molecule has 0 bridgehead atoms. The number of carbonyl (C=O) groups is 2. The Morgan fingerprint density at radius 3 is 2.64 bits per heavy atom. The summed E-state index contributed by atoms with van der Waals surface area (Å²) in [5.74, 6) is -0.638. The largest absolute Gasteiger partial charge is 0.383 e. The molecule has 3 aromatic rings. The van der Waals surface area contributed by atoms with Crippen LogP contribution in [0.4, 0.5) is 11.5 Å². The molecule has 0 spiro atoms. The van der Waals surface area contributed by atoms with Gasteiger partial charge in [0.25, 0.3) is 0 Å². The van der Waals surface area contributed by atoms with Gasteiger partial charge >= 0.3 is 11.8 Å². The van der Waals surface area contributed by atoms with Crippen molar-refractivity contribution in [2.45, 2.75) is 58.2 Å². The van der Waals surface area contributed by atoms with Gasteiger partial charge < -0.3 is 20.7 Å². The summed E-state index contributed by atoms with van der Waals surface area (Å²) >= 11 is 0. The van der Waals surface area contributed by atoms with E-state index in [-0.39, 0.29) is 12.8 Å². The molecule has 36 heavy (non-hydrogen) atoms. The fourth-order valence-corrected chi connectivity index (χ4v) is 5.30. The third kappa shape index (κ3) is 5.93. The van der Waals surface area contributed by atoms with Gasteiger partial charge in [0.2, 0.25) is 0 Å². The Labute approximate surface area is 213 Å². The van der Waals surface area contributed by atoms with Crippen molar-refractivity contribution >= 4 is 42.3 Å². The number of hydrogen-bond acceptors (Lipinski definition) is 6. The Kier molecular flexibility index (Phi) is 7.75. The third-order valence-electron chi connectivity index (χ3n) is 6.62. The van der Waals surface area contributed by atoms with E-state index in [0.717, 1.165) is 24.4 Å². The summed E-state index contributed by atoms with van der Waals surface area (Å²) in [5, 5.41) is 7.77. The number of aromatic nitrogens is 3.